The van der Waals surface area contributed by atoms with Gasteiger partial charge in [0.2, 0.25) is 0 Å². The Morgan fingerprint density at radius 3 is 1.46 bits per heavy atom. The molecule has 0 bridgehead atoms. The molecule has 4 aromatic carbocycles. The van der Waals surface area contributed by atoms with E-state index in [4.69, 9.17) is 0 Å². The lowest BCUT2D eigenvalue weighted by atomic mass is 9.35. The monoisotopic (exact) mass is 959 g/mol. The zero-order valence-corrected chi connectivity index (χ0v) is 47.6. The third-order valence-electron chi connectivity index (χ3n) is 20.3. The van der Waals surface area contributed by atoms with E-state index in [9.17, 15) is 0 Å². The molecule has 0 N–H and O–H groups in total. The van der Waals surface area contributed by atoms with Crippen molar-refractivity contribution in [3.05, 3.63) is 128 Å². The van der Waals surface area contributed by atoms with Gasteiger partial charge in [-0.15, -0.1) is 0 Å². The lowest BCUT2D eigenvalue weighted by Gasteiger charge is -2.48. The highest BCUT2D eigenvalue weighted by Crippen LogP contribution is 2.59. The summed E-state index contributed by atoms with van der Waals surface area (Å²) < 4.78 is 1.55. The quantitative estimate of drug-likeness (QED) is 0.163. The Kier molecular flexibility index (Phi) is 10.0. The van der Waals surface area contributed by atoms with Gasteiger partial charge in [-0.3, -0.25) is 0 Å². The van der Waals surface area contributed by atoms with E-state index in [1.54, 1.807) is 20.8 Å². The predicted molar refractivity (Wildman–Crippen MR) is 310 cm³/mol. The molecule has 2 aliphatic heterocycles. The highest BCUT2D eigenvalue weighted by molar-refractivity contribution is 7.29. The minimum atomic E-state index is 0.0137. The molecule has 12 rings (SSSR count). The van der Waals surface area contributed by atoms with E-state index in [1.165, 1.54) is 135 Å². The van der Waals surface area contributed by atoms with Crippen LogP contribution in [0.1, 0.15) is 225 Å². The van der Waals surface area contributed by atoms with Crippen LogP contribution in [0, 0.1) is 5.92 Å². The van der Waals surface area contributed by atoms with Crippen molar-refractivity contribution in [3.63, 3.8) is 0 Å². The van der Waals surface area contributed by atoms with Crippen molar-refractivity contribution < 1.29 is 0 Å². The number of rotatable bonds is 3. The van der Waals surface area contributed by atoms with E-state index in [0.29, 0.717) is 5.92 Å². The lowest BCUT2D eigenvalue weighted by Crippen LogP contribution is -2.61. The van der Waals surface area contributed by atoms with Crippen LogP contribution in [0.4, 0.5) is 34.1 Å². The average Bonchev–Trinajstić information content (AvgIpc) is 3.72. The summed E-state index contributed by atoms with van der Waals surface area (Å²) in [5.41, 5.74) is 25.2. The fraction of sp³-hybridized carbons (Fsp3) is 0.522. The van der Waals surface area contributed by atoms with E-state index in [0.717, 1.165) is 6.42 Å². The van der Waals surface area contributed by atoms with Gasteiger partial charge in [-0.1, -0.05) is 154 Å². The number of hydrogen-bond donors (Lipinski definition) is 0. The minimum Gasteiger partial charge on any atom is -0.311 e. The highest BCUT2D eigenvalue weighted by Gasteiger charge is 2.53. The topological polar surface area (TPSA) is 6.48 Å². The molecule has 1 aromatic heterocycles. The zero-order valence-electron chi connectivity index (χ0n) is 46.8. The van der Waals surface area contributed by atoms with E-state index in [2.05, 4.69) is 218 Å². The molecule has 0 fully saturated rings. The summed E-state index contributed by atoms with van der Waals surface area (Å²) >= 11 is 2.18. The first-order valence-electron chi connectivity index (χ1n) is 27.9. The van der Waals surface area contributed by atoms with Gasteiger partial charge in [-0.2, -0.15) is 11.3 Å². The first-order chi connectivity index (χ1) is 33.0. The minimum absolute atomic E-state index is 0.0137. The predicted octanol–water partition coefficient (Wildman–Crippen LogP) is 17.2. The van der Waals surface area contributed by atoms with Crippen molar-refractivity contribution in [2.75, 3.05) is 9.80 Å². The van der Waals surface area contributed by atoms with Crippen LogP contribution in [-0.2, 0) is 43.3 Å². The number of hydrogen-bond acceptors (Lipinski definition) is 3. The van der Waals surface area contributed by atoms with Gasteiger partial charge >= 0.3 is 0 Å². The molecular formula is C67H83BN2S. The zero-order chi connectivity index (χ0) is 50.5. The van der Waals surface area contributed by atoms with Gasteiger partial charge in [0.15, 0.2) is 0 Å². The summed E-state index contributed by atoms with van der Waals surface area (Å²) in [6.07, 6.45) is 18.1. The first kappa shape index (κ1) is 47.7. The SMILES string of the molecule is CC1C=C(c2cc3c4c(c2)N(c2ccc5c(c2)C(C)(C)CCC5(C)C)c2c(sc5c2C(C)(C)CCC5(C)C)B4c2cc4c(cc2N3c2ccc3c(c2)C(C)(C)CCC3(C)C)C(C)(C)CCC4(C)C)C=CC1. The molecular weight excluding hydrogens is 876 g/mol. The van der Waals surface area contributed by atoms with E-state index < -0.39 is 0 Å². The molecule has 2 nitrogen and oxygen atoms in total. The number of allylic oxidation sites excluding steroid dienone is 4. The Balaban J connectivity index is 1.25. The van der Waals surface area contributed by atoms with Crippen molar-refractivity contribution in [2.24, 2.45) is 5.92 Å². The van der Waals surface area contributed by atoms with Crippen LogP contribution in [0.2, 0.25) is 0 Å². The number of nitrogens with zero attached hydrogens (tertiary/aromatic N) is 2. The van der Waals surface area contributed by atoms with Crippen molar-refractivity contribution in [2.45, 2.75) is 219 Å². The van der Waals surface area contributed by atoms with Crippen LogP contribution in [0.3, 0.4) is 0 Å². The molecule has 1 atom stereocenters. The molecule has 0 saturated heterocycles. The van der Waals surface area contributed by atoms with Crippen LogP contribution >= 0.6 is 11.3 Å². The fourth-order valence-corrected chi connectivity index (χ4v) is 16.7. The first-order valence-corrected chi connectivity index (χ1v) is 28.7. The molecule has 370 valence electrons. The Labute approximate surface area is 433 Å². The number of benzene rings is 4. The van der Waals surface area contributed by atoms with Crippen molar-refractivity contribution >= 4 is 73.4 Å². The van der Waals surface area contributed by atoms with Gasteiger partial charge in [0.1, 0.15) is 0 Å². The van der Waals surface area contributed by atoms with Crippen LogP contribution in [0.5, 0.6) is 0 Å². The molecule has 4 heteroatoms. The number of fused-ring (bicyclic) bond motifs is 9. The number of thiophene rings is 1. The Hall–Kier alpha value is -4.28. The largest absolute Gasteiger partial charge is 0.311 e. The molecule has 5 aliphatic carbocycles. The maximum absolute atomic E-state index is 2.84. The molecule has 0 radical (unpaired) electrons. The summed E-state index contributed by atoms with van der Waals surface area (Å²) in [6.45, 7) is 42.7. The molecule has 7 aliphatic rings. The normalized spacial score (nSPS) is 24.6. The van der Waals surface area contributed by atoms with Gasteiger partial charge < -0.3 is 9.80 Å². The van der Waals surface area contributed by atoms with Gasteiger partial charge in [0.25, 0.3) is 6.71 Å². The van der Waals surface area contributed by atoms with Crippen LogP contribution in [-0.4, -0.2) is 6.71 Å². The van der Waals surface area contributed by atoms with Gasteiger partial charge in [0, 0.05) is 38.1 Å². The lowest BCUT2D eigenvalue weighted by molar-refractivity contribution is 0.332. The third-order valence-corrected chi connectivity index (χ3v) is 21.9. The van der Waals surface area contributed by atoms with E-state index >= 15 is 0 Å². The molecule has 0 amide bonds. The highest BCUT2D eigenvalue weighted by atomic mass is 32.1. The van der Waals surface area contributed by atoms with Crippen molar-refractivity contribution in [1.29, 1.82) is 0 Å². The second-order valence-corrected chi connectivity index (χ2v) is 30.3. The van der Waals surface area contributed by atoms with Crippen LogP contribution < -0.4 is 25.5 Å². The molecule has 5 aromatic rings. The number of anilines is 6. The second kappa shape index (κ2) is 14.9. The third kappa shape index (κ3) is 6.97. The second-order valence-electron chi connectivity index (χ2n) is 29.3. The van der Waals surface area contributed by atoms with Gasteiger partial charge in [0.05, 0.1) is 5.69 Å². The molecule has 71 heavy (non-hydrogen) atoms. The Morgan fingerprint density at radius 1 is 0.479 bits per heavy atom. The van der Waals surface area contributed by atoms with Gasteiger partial charge in [-0.05, 0) is 210 Å². The van der Waals surface area contributed by atoms with Crippen LogP contribution in [0.25, 0.3) is 5.57 Å². The summed E-state index contributed by atoms with van der Waals surface area (Å²) in [5.74, 6) is 0.483. The molecule has 0 saturated carbocycles. The summed E-state index contributed by atoms with van der Waals surface area (Å²) in [6, 6.07) is 26.2. The Bertz CT molecular complexity index is 3170. The maximum atomic E-state index is 2.84. The summed E-state index contributed by atoms with van der Waals surface area (Å²) in [5, 5.41) is 0. The smallest absolute Gasteiger partial charge is 0.264 e. The van der Waals surface area contributed by atoms with Crippen LogP contribution in [0.15, 0.2) is 78.9 Å². The van der Waals surface area contributed by atoms with Crippen molar-refractivity contribution in [1.82, 2.24) is 0 Å². The standard InChI is InChI=1S/C67H83BN2S/c1-40-19-18-20-41(33-40)42-34-53-56-54(35-42)70(44-22-24-46-48(37-44)63(8,9)28-26-61(46,4)5)57-55-58(67(16,17)32-31-66(55,14)15)71-59(57)68(56)51-38-49-50(65(12,13)30-29-64(49,10)11)39-52(51)69(53)43-21-23-45-47(36-43)62(6,7)27-25-60(45,2)3/h18,20-24,33-40H,19,25-32H2,1-17H3. The van der Waals surface area contributed by atoms with E-state index in [1.807, 2.05) is 0 Å². The average molecular weight is 959 g/mol. The molecule has 0 spiro atoms. The van der Waals surface area contributed by atoms with Crippen molar-refractivity contribution in [3.8, 4) is 0 Å². The summed E-state index contributed by atoms with van der Waals surface area (Å²) in [7, 11) is 0. The van der Waals surface area contributed by atoms with Gasteiger partial charge in [-0.25, -0.2) is 0 Å². The molecule has 3 heterocycles. The summed E-state index contributed by atoms with van der Waals surface area (Å²) in [4.78, 5) is 7.23. The maximum Gasteiger partial charge on any atom is 0.264 e. The fourth-order valence-electron chi connectivity index (χ4n) is 15.0. The van der Waals surface area contributed by atoms with E-state index in [-0.39, 0.29) is 50.0 Å². The Morgan fingerprint density at radius 2 is 0.930 bits per heavy atom. The molecule has 1 unspecified atom stereocenters.